The Morgan fingerprint density at radius 2 is 0.844 bits per heavy atom. The van der Waals surface area contributed by atoms with E-state index in [0.717, 1.165) is 5.56 Å². The Hall–Kier alpha value is -4.41. The maximum absolute atomic E-state index is 9.20. The van der Waals surface area contributed by atoms with Crippen molar-refractivity contribution in [3.8, 4) is 28.3 Å². The lowest BCUT2D eigenvalue weighted by atomic mass is 9.88. The van der Waals surface area contributed by atoms with Crippen molar-refractivity contribution in [2.45, 2.75) is 0 Å². The molecule has 0 spiro atoms. The van der Waals surface area contributed by atoms with Crippen molar-refractivity contribution < 1.29 is 0 Å². The van der Waals surface area contributed by atoms with Gasteiger partial charge in [0.05, 0.1) is 11.6 Å². The maximum Gasteiger partial charge on any atom is 0.0991 e. The molecule has 0 aliphatic carbocycles. The molecule has 0 fully saturated rings. The molecule has 0 saturated heterocycles. The zero-order valence-electron chi connectivity index (χ0n) is 17.4. The summed E-state index contributed by atoms with van der Waals surface area (Å²) in [6, 6.07) is 42.7. The predicted octanol–water partition coefficient (Wildman–Crippen LogP) is 8.35. The molecule has 0 aliphatic rings. The van der Waals surface area contributed by atoms with Gasteiger partial charge in [0.2, 0.25) is 0 Å². The van der Waals surface area contributed by atoms with Gasteiger partial charge in [-0.2, -0.15) is 5.26 Å². The lowest BCUT2D eigenvalue weighted by Gasteiger charge is -2.16. The van der Waals surface area contributed by atoms with E-state index in [2.05, 4.69) is 97.1 Å². The molecule has 1 heteroatoms. The van der Waals surface area contributed by atoms with Crippen LogP contribution in [0.2, 0.25) is 0 Å². The van der Waals surface area contributed by atoms with Gasteiger partial charge in [0, 0.05) is 0 Å². The van der Waals surface area contributed by atoms with E-state index < -0.39 is 0 Å². The molecule has 0 heterocycles. The molecule has 0 saturated carbocycles. The van der Waals surface area contributed by atoms with Crippen LogP contribution in [0.4, 0.5) is 0 Å². The second-order valence-corrected chi connectivity index (χ2v) is 8.09. The third-order valence-corrected chi connectivity index (χ3v) is 6.29. The number of nitrogens with zero attached hydrogens (tertiary/aromatic N) is 1. The van der Waals surface area contributed by atoms with Crippen LogP contribution in [-0.4, -0.2) is 0 Å². The highest BCUT2D eigenvalue weighted by atomic mass is 14.2. The van der Waals surface area contributed by atoms with Gasteiger partial charge in [0.25, 0.3) is 0 Å². The second kappa shape index (κ2) is 7.38. The molecule has 0 aliphatic heterocycles. The summed E-state index contributed by atoms with van der Waals surface area (Å²) in [5.74, 6) is 0. The van der Waals surface area contributed by atoms with Gasteiger partial charge in [-0.15, -0.1) is 0 Å². The van der Waals surface area contributed by atoms with Crippen LogP contribution in [0.5, 0.6) is 0 Å². The minimum absolute atomic E-state index is 0.678. The van der Waals surface area contributed by atoms with Crippen molar-refractivity contribution in [2.75, 3.05) is 0 Å². The molecule has 0 amide bonds. The van der Waals surface area contributed by atoms with E-state index in [1.54, 1.807) is 0 Å². The third-order valence-electron chi connectivity index (χ3n) is 6.29. The first-order valence-electron chi connectivity index (χ1n) is 10.8. The first-order valence-corrected chi connectivity index (χ1v) is 10.8. The van der Waals surface area contributed by atoms with E-state index in [1.165, 1.54) is 49.0 Å². The molecule has 6 aromatic rings. The Kier molecular flexibility index (Phi) is 4.23. The van der Waals surface area contributed by atoms with E-state index in [1.807, 2.05) is 24.3 Å². The molecule has 0 bridgehead atoms. The Morgan fingerprint density at radius 3 is 1.34 bits per heavy atom. The summed E-state index contributed by atoms with van der Waals surface area (Å²) in [6.07, 6.45) is 0. The van der Waals surface area contributed by atoms with Crippen LogP contribution < -0.4 is 0 Å². The highest BCUT2D eigenvalue weighted by Gasteiger charge is 2.14. The van der Waals surface area contributed by atoms with Gasteiger partial charge >= 0.3 is 0 Å². The fourth-order valence-corrected chi connectivity index (χ4v) is 4.77. The van der Waals surface area contributed by atoms with E-state index in [-0.39, 0.29) is 0 Å². The quantitative estimate of drug-likeness (QED) is 0.266. The van der Waals surface area contributed by atoms with Gasteiger partial charge in [-0.05, 0) is 78.8 Å². The summed E-state index contributed by atoms with van der Waals surface area (Å²) in [5.41, 5.74) is 5.47. The molecular weight excluding hydrogens is 386 g/mol. The average Bonchev–Trinajstić information content (AvgIpc) is 2.88. The zero-order chi connectivity index (χ0) is 21.5. The third kappa shape index (κ3) is 2.86. The van der Waals surface area contributed by atoms with Gasteiger partial charge in [0.1, 0.15) is 0 Å². The summed E-state index contributed by atoms with van der Waals surface area (Å²) in [4.78, 5) is 0. The minimum atomic E-state index is 0.678. The summed E-state index contributed by atoms with van der Waals surface area (Å²) in [7, 11) is 0. The fraction of sp³-hybridized carbons (Fsp3) is 0. The Morgan fingerprint density at radius 1 is 0.406 bits per heavy atom. The minimum Gasteiger partial charge on any atom is -0.192 e. The summed E-state index contributed by atoms with van der Waals surface area (Å²) in [6.45, 7) is 0. The van der Waals surface area contributed by atoms with Crippen LogP contribution in [0.25, 0.3) is 54.6 Å². The van der Waals surface area contributed by atoms with Crippen LogP contribution in [0, 0.1) is 11.3 Å². The topological polar surface area (TPSA) is 23.8 Å². The van der Waals surface area contributed by atoms with Crippen LogP contribution in [0.15, 0.2) is 115 Å². The molecule has 148 valence electrons. The number of hydrogen-bond acceptors (Lipinski definition) is 1. The predicted molar refractivity (Wildman–Crippen MR) is 135 cm³/mol. The number of rotatable bonds is 2. The van der Waals surface area contributed by atoms with Crippen LogP contribution in [0.1, 0.15) is 5.56 Å². The second-order valence-electron chi connectivity index (χ2n) is 8.09. The molecule has 0 radical (unpaired) electrons. The normalized spacial score (nSPS) is 11.1. The molecule has 0 N–H and O–H groups in total. The SMILES string of the molecule is N#Cc1ccc(-c2cc3c4ccccc4c(-c4ccccc4)cc3c3ccccc23)cc1. The highest BCUT2D eigenvalue weighted by Crippen LogP contribution is 2.41. The van der Waals surface area contributed by atoms with Crippen LogP contribution >= 0.6 is 0 Å². The highest BCUT2D eigenvalue weighted by molar-refractivity contribution is 6.23. The van der Waals surface area contributed by atoms with Gasteiger partial charge < -0.3 is 0 Å². The Bertz CT molecular complexity index is 1650. The monoisotopic (exact) mass is 405 g/mol. The fourth-order valence-electron chi connectivity index (χ4n) is 4.77. The number of nitriles is 1. The van der Waals surface area contributed by atoms with Crippen molar-refractivity contribution in [1.82, 2.24) is 0 Å². The molecule has 32 heavy (non-hydrogen) atoms. The van der Waals surface area contributed by atoms with Crippen molar-refractivity contribution >= 4 is 32.3 Å². The van der Waals surface area contributed by atoms with Gasteiger partial charge in [-0.25, -0.2) is 0 Å². The molecule has 0 unspecified atom stereocenters. The summed E-state index contributed by atoms with van der Waals surface area (Å²) < 4.78 is 0. The molecule has 0 aromatic heterocycles. The van der Waals surface area contributed by atoms with Gasteiger partial charge in [-0.1, -0.05) is 91.0 Å². The lowest BCUT2D eigenvalue weighted by Crippen LogP contribution is -1.89. The van der Waals surface area contributed by atoms with Crippen LogP contribution in [0.3, 0.4) is 0 Å². The van der Waals surface area contributed by atoms with E-state index in [4.69, 9.17) is 0 Å². The lowest BCUT2D eigenvalue weighted by molar-refractivity contribution is 1.48. The average molecular weight is 406 g/mol. The van der Waals surface area contributed by atoms with Crippen molar-refractivity contribution in [2.24, 2.45) is 0 Å². The van der Waals surface area contributed by atoms with Gasteiger partial charge in [0.15, 0.2) is 0 Å². The number of hydrogen-bond donors (Lipinski definition) is 0. The van der Waals surface area contributed by atoms with Gasteiger partial charge in [-0.3, -0.25) is 0 Å². The van der Waals surface area contributed by atoms with E-state index >= 15 is 0 Å². The van der Waals surface area contributed by atoms with Crippen molar-refractivity contribution in [1.29, 1.82) is 5.26 Å². The Balaban J connectivity index is 1.76. The number of benzene rings is 6. The molecule has 6 rings (SSSR count). The van der Waals surface area contributed by atoms with Crippen molar-refractivity contribution in [3.63, 3.8) is 0 Å². The Labute approximate surface area is 186 Å². The smallest absolute Gasteiger partial charge is 0.0991 e. The molecule has 1 nitrogen and oxygen atoms in total. The maximum atomic E-state index is 9.20. The van der Waals surface area contributed by atoms with Crippen LogP contribution in [-0.2, 0) is 0 Å². The molecular formula is C31H19N. The number of fused-ring (bicyclic) bond motifs is 5. The molecule has 0 atom stereocenters. The first kappa shape index (κ1) is 18.4. The molecule has 6 aromatic carbocycles. The first-order chi connectivity index (χ1) is 15.8. The largest absolute Gasteiger partial charge is 0.192 e. The van der Waals surface area contributed by atoms with E-state index in [0.29, 0.717) is 5.56 Å². The standard InChI is InChI=1S/C31H19N/c32-20-21-14-16-23(17-15-21)29-19-31-26-12-6-4-10-24(26)28(22-8-2-1-3-9-22)18-30(31)27-13-7-5-11-25(27)29/h1-19H. The zero-order valence-corrected chi connectivity index (χ0v) is 17.4. The summed E-state index contributed by atoms with van der Waals surface area (Å²) >= 11 is 0. The van der Waals surface area contributed by atoms with Crippen molar-refractivity contribution in [3.05, 3.63) is 121 Å². The van der Waals surface area contributed by atoms with E-state index in [9.17, 15) is 5.26 Å². The summed E-state index contributed by atoms with van der Waals surface area (Å²) in [5, 5.41) is 16.7.